The molecule has 0 aliphatic rings. The third-order valence-corrected chi connectivity index (χ3v) is 6.06. The zero-order chi connectivity index (χ0) is 13.4. The smallest absolute Gasteiger partial charge is 0.129 e. The van der Waals surface area contributed by atoms with Crippen LogP contribution < -0.4 is 5.73 Å². The molecule has 94 valence electrons. The number of hydrogen-bond acceptors (Lipinski definition) is 5. The lowest BCUT2D eigenvalue weighted by Gasteiger charge is -2.02. The van der Waals surface area contributed by atoms with Gasteiger partial charge in [0.25, 0.3) is 0 Å². The molecule has 19 heavy (non-hydrogen) atoms. The highest BCUT2D eigenvalue weighted by Gasteiger charge is 2.21. The van der Waals surface area contributed by atoms with Crippen LogP contribution in [0.25, 0.3) is 20.2 Å². The minimum atomic E-state index is 0.603. The van der Waals surface area contributed by atoms with E-state index in [1.165, 1.54) is 21.8 Å². The molecular weight excluding hydrogens is 292 g/mol. The molecule has 0 saturated carbocycles. The molecule has 0 spiro atoms. The molecular formula is C14H10N2S3. The summed E-state index contributed by atoms with van der Waals surface area (Å²) in [6.07, 6.45) is 0. The first kappa shape index (κ1) is 12.4. The predicted molar refractivity (Wildman–Crippen MR) is 84.8 cm³/mol. The quantitative estimate of drug-likeness (QED) is 0.726. The first-order chi connectivity index (χ1) is 9.22. The second-order valence-electron chi connectivity index (χ2n) is 4.07. The van der Waals surface area contributed by atoms with E-state index in [0.29, 0.717) is 10.6 Å². The lowest BCUT2D eigenvalue weighted by molar-refractivity contribution is 1.52. The first-order valence-corrected chi connectivity index (χ1v) is 8.20. The van der Waals surface area contributed by atoms with Gasteiger partial charge in [0.2, 0.25) is 0 Å². The molecule has 0 atom stereocenters. The summed E-state index contributed by atoms with van der Waals surface area (Å²) >= 11 is 4.84. The van der Waals surface area contributed by atoms with E-state index in [1.54, 1.807) is 22.7 Å². The van der Waals surface area contributed by atoms with Crippen LogP contribution in [0, 0.1) is 18.3 Å². The average molecular weight is 302 g/mol. The molecule has 2 N–H and O–H groups in total. The van der Waals surface area contributed by atoms with Crippen LogP contribution in [0.2, 0.25) is 0 Å². The van der Waals surface area contributed by atoms with Crippen molar-refractivity contribution in [1.82, 2.24) is 0 Å². The lowest BCUT2D eigenvalue weighted by Crippen LogP contribution is -1.87. The molecule has 3 rings (SSSR count). The molecule has 0 radical (unpaired) electrons. The first-order valence-electron chi connectivity index (χ1n) is 5.63. The molecule has 0 aliphatic heterocycles. The minimum absolute atomic E-state index is 0.603. The number of aryl methyl sites for hydroxylation is 1. The molecule has 0 bridgehead atoms. The summed E-state index contributed by atoms with van der Waals surface area (Å²) in [4.78, 5) is 4.05. The summed E-state index contributed by atoms with van der Waals surface area (Å²) in [5.41, 5.74) is 9.02. The molecule has 5 heteroatoms. The highest BCUT2D eigenvalue weighted by atomic mass is 32.1. The average Bonchev–Trinajstić information content (AvgIpc) is 3.09. The van der Waals surface area contributed by atoms with Gasteiger partial charge in [0.05, 0.1) is 10.6 Å². The number of nitriles is 1. The van der Waals surface area contributed by atoms with Crippen LogP contribution in [0.1, 0.15) is 10.4 Å². The number of thiophene rings is 3. The van der Waals surface area contributed by atoms with Crippen molar-refractivity contribution in [2.45, 2.75) is 6.92 Å². The fourth-order valence-electron chi connectivity index (χ4n) is 1.96. The number of hydrogen-bond donors (Lipinski definition) is 1. The van der Waals surface area contributed by atoms with Crippen LogP contribution >= 0.6 is 34.0 Å². The monoisotopic (exact) mass is 302 g/mol. The molecule has 2 nitrogen and oxygen atoms in total. The van der Waals surface area contributed by atoms with Crippen molar-refractivity contribution >= 4 is 39.7 Å². The predicted octanol–water partition coefficient (Wildman–Crippen LogP) is 4.97. The van der Waals surface area contributed by atoms with Gasteiger partial charge in [-0.3, -0.25) is 0 Å². The van der Waals surface area contributed by atoms with Crippen LogP contribution in [-0.4, -0.2) is 0 Å². The second kappa shape index (κ2) is 4.82. The van der Waals surface area contributed by atoms with E-state index in [0.717, 1.165) is 15.3 Å². The van der Waals surface area contributed by atoms with Gasteiger partial charge < -0.3 is 5.73 Å². The van der Waals surface area contributed by atoms with Gasteiger partial charge >= 0.3 is 0 Å². The number of nitrogen functional groups attached to an aromatic ring is 1. The highest BCUT2D eigenvalue weighted by Crippen LogP contribution is 2.48. The third kappa shape index (κ3) is 1.98. The fraction of sp³-hybridized carbons (Fsp3) is 0.0714. The van der Waals surface area contributed by atoms with Crippen molar-refractivity contribution in [3.05, 3.63) is 39.4 Å². The Hall–Kier alpha value is -1.61. The Bertz CT molecular complexity index is 757. The lowest BCUT2D eigenvalue weighted by atomic mass is 10.1. The van der Waals surface area contributed by atoms with Crippen molar-refractivity contribution < 1.29 is 0 Å². The molecule has 0 aromatic carbocycles. The molecule has 0 saturated heterocycles. The van der Waals surface area contributed by atoms with Crippen LogP contribution in [-0.2, 0) is 0 Å². The van der Waals surface area contributed by atoms with Gasteiger partial charge in [-0.15, -0.1) is 34.0 Å². The maximum atomic E-state index is 9.21. The van der Waals surface area contributed by atoms with Crippen LogP contribution in [0.4, 0.5) is 5.69 Å². The van der Waals surface area contributed by atoms with Gasteiger partial charge in [0, 0.05) is 15.3 Å². The third-order valence-electron chi connectivity index (χ3n) is 2.88. The van der Waals surface area contributed by atoms with E-state index in [2.05, 4.69) is 30.5 Å². The Morgan fingerprint density at radius 3 is 2.58 bits per heavy atom. The summed E-state index contributed by atoms with van der Waals surface area (Å²) in [6.45, 7) is 2.09. The van der Waals surface area contributed by atoms with E-state index in [1.807, 2.05) is 11.4 Å². The van der Waals surface area contributed by atoms with Gasteiger partial charge in [0.15, 0.2) is 0 Å². The van der Waals surface area contributed by atoms with Gasteiger partial charge in [-0.05, 0) is 35.4 Å². The normalized spacial score (nSPS) is 10.5. The van der Waals surface area contributed by atoms with Gasteiger partial charge in [-0.1, -0.05) is 6.07 Å². The number of nitrogens with two attached hydrogens (primary N) is 1. The summed E-state index contributed by atoms with van der Waals surface area (Å²) in [5, 5.41) is 13.3. The molecule has 0 aliphatic carbocycles. The number of rotatable bonds is 2. The van der Waals surface area contributed by atoms with Gasteiger partial charge in [0.1, 0.15) is 10.9 Å². The Kier molecular flexibility index (Phi) is 3.15. The summed E-state index contributed by atoms with van der Waals surface area (Å²) in [7, 11) is 0. The van der Waals surface area contributed by atoms with Crippen molar-refractivity contribution in [1.29, 1.82) is 5.26 Å². The maximum Gasteiger partial charge on any atom is 0.129 e. The molecule has 0 fully saturated rings. The van der Waals surface area contributed by atoms with Crippen molar-refractivity contribution in [3.8, 4) is 26.3 Å². The van der Waals surface area contributed by atoms with Crippen molar-refractivity contribution in [2.75, 3.05) is 5.73 Å². The van der Waals surface area contributed by atoms with Crippen molar-refractivity contribution in [3.63, 3.8) is 0 Å². The van der Waals surface area contributed by atoms with Crippen LogP contribution in [0.5, 0.6) is 0 Å². The zero-order valence-corrected chi connectivity index (χ0v) is 12.6. The van der Waals surface area contributed by atoms with E-state index in [4.69, 9.17) is 5.73 Å². The topological polar surface area (TPSA) is 49.8 Å². The standard InChI is InChI=1S/C14H10N2S3/c1-8-4-6-18-13(8)14-11(9-3-2-5-17-9)12(16)10(7-15)19-14/h2-6H,16H2,1H3. The molecule has 3 heterocycles. The van der Waals surface area contributed by atoms with E-state index >= 15 is 0 Å². The summed E-state index contributed by atoms with van der Waals surface area (Å²) < 4.78 is 0. The van der Waals surface area contributed by atoms with E-state index in [-0.39, 0.29) is 0 Å². The summed E-state index contributed by atoms with van der Waals surface area (Å²) in [6, 6.07) is 8.36. The molecule has 3 aromatic rings. The highest BCUT2D eigenvalue weighted by molar-refractivity contribution is 7.23. The second-order valence-corrected chi connectivity index (χ2v) is 6.96. The molecule has 3 aromatic heterocycles. The van der Waals surface area contributed by atoms with Crippen LogP contribution in [0.15, 0.2) is 29.0 Å². The zero-order valence-electron chi connectivity index (χ0n) is 10.1. The minimum Gasteiger partial charge on any atom is -0.396 e. The van der Waals surface area contributed by atoms with E-state index < -0.39 is 0 Å². The Morgan fingerprint density at radius 1 is 1.16 bits per heavy atom. The van der Waals surface area contributed by atoms with Gasteiger partial charge in [-0.2, -0.15) is 5.26 Å². The molecule has 0 amide bonds. The Balaban J connectivity index is 2.31. The van der Waals surface area contributed by atoms with Crippen molar-refractivity contribution in [2.24, 2.45) is 0 Å². The largest absolute Gasteiger partial charge is 0.396 e. The Labute approximate surface area is 123 Å². The maximum absolute atomic E-state index is 9.21. The number of nitrogens with zero attached hydrogens (tertiary/aromatic N) is 1. The van der Waals surface area contributed by atoms with Crippen LogP contribution in [0.3, 0.4) is 0 Å². The SMILES string of the molecule is Cc1ccsc1-c1sc(C#N)c(N)c1-c1cccs1. The Morgan fingerprint density at radius 2 is 2.00 bits per heavy atom. The number of anilines is 1. The van der Waals surface area contributed by atoms with Gasteiger partial charge in [-0.25, -0.2) is 0 Å². The van der Waals surface area contributed by atoms with E-state index in [9.17, 15) is 5.26 Å². The molecule has 0 unspecified atom stereocenters. The fourth-order valence-corrected chi connectivity index (χ4v) is 4.99. The summed E-state index contributed by atoms with van der Waals surface area (Å²) in [5.74, 6) is 0.